The van der Waals surface area contributed by atoms with E-state index in [4.69, 9.17) is 0 Å². The van der Waals surface area contributed by atoms with Gasteiger partial charge in [-0.15, -0.1) is 0 Å². The predicted octanol–water partition coefficient (Wildman–Crippen LogP) is 3.70. The van der Waals surface area contributed by atoms with E-state index in [1.165, 1.54) is 0 Å². The lowest BCUT2D eigenvalue weighted by Gasteiger charge is -2.10. The second-order valence-corrected chi connectivity index (χ2v) is 5.84. The molecule has 0 unspecified atom stereocenters. The molecule has 0 radical (unpaired) electrons. The van der Waals surface area contributed by atoms with E-state index in [0.29, 0.717) is 12.5 Å². The van der Waals surface area contributed by atoms with Crippen molar-refractivity contribution in [1.82, 2.24) is 5.32 Å². The van der Waals surface area contributed by atoms with Crippen LogP contribution < -0.4 is 5.32 Å². The van der Waals surface area contributed by atoms with E-state index in [1.54, 1.807) is 12.1 Å². The summed E-state index contributed by atoms with van der Waals surface area (Å²) in [6, 6.07) is 10.6. The highest BCUT2D eigenvalue weighted by Gasteiger charge is 2.17. The number of aromatic carboxylic acids is 1. The Morgan fingerprint density at radius 1 is 1.09 bits per heavy atom. The van der Waals surface area contributed by atoms with Crippen molar-refractivity contribution in [3.63, 3.8) is 0 Å². The van der Waals surface area contributed by atoms with Crippen LogP contribution in [0.25, 0.3) is 10.8 Å². The van der Waals surface area contributed by atoms with Crippen molar-refractivity contribution in [2.24, 2.45) is 5.92 Å². The first-order valence-electron chi connectivity index (χ1n) is 7.53. The Kier molecular flexibility index (Phi) is 5.15. The van der Waals surface area contributed by atoms with Gasteiger partial charge < -0.3 is 10.4 Å². The molecule has 2 N–H and O–H groups in total. The summed E-state index contributed by atoms with van der Waals surface area (Å²) in [6.45, 7) is 4.82. The van der Waals surface area contributed by atoms with Gasteiger partial charge in [0.25, 0.3) is 5.91 Å². The molecule has 0 saturated heterocycles. The van der Waals surface area contributed by atoms with Crippen LogP contribution in [0.4, 0.5) is 0 Å². The van der Waals surface area contributed by atoms with E-state index in [0.717, 1.165) is 23.6 Å². The average Bonchev–Trinajstić information content (AvgIpc) is 2.49. The third-order valence-electron chi connectivity index (χ3n) is 3.60. The van der Waals surface area contributed by atoms with Crippen LogP contribution in [-0.2, 0) is 0 Å². The Morgan fingerprint density at radius 3 is 2.23 bits per heavy atom. The standard InChI is InChI=1S/C18H21NO3/c1-12(2)6-5-9-19-17(20)15-10-13-7-3-4-8-14(13)11-16(15)18(21)22/h3-4,7-8,10-12H,5-6,9H2,1-2H3,(H,19,20)(H,21,22). The van der Waals surface area contributed by atoms with Gasteiger partial charge in [0, 0.05) is 6.54 Å². The van der Waals surface area contributed by atoms with Gasteiger partial charge in [0.1, 0.15) is 0 Å². The summed E-state index contributed by atoms with van der Waals surface area (Å²) in [5.41, 5.74) is 0.260. The number of amides is 1. The monoisotopic (exact) mass is 299 g/mol. The number of carboxylic acids is 1. The van der Waals surface area contributed by atoms with Gasteiger partial charge in [-0.3, -0.25) is 4.79 Å². The summed E-state index contributed by atoms with van der Waals surface area (Å²) < 4.78 is 0. The molecule has 0 bridgehead atoms. The van der Waals surface area contributed by atoms with Crippen molar-refractivity contribution in [2.75, 3.05) is 6.54 Å². The third-order valence-corrected chi connectivity index (χ3v) is 3.60. The number of carbonyl (C=O) groups is 2. The molecule has 0 heterocycles. The molecule has 0 aliphatic rings. The maximum atomic E-state index is 12.3. The maximum absolute atomic E-state index is 12.3. The van der Waals surface area contributed by atoms with Crippen LogP contribution in [0.2, 0.25) is 0 Å². The Bertz CT molecular complexity index is 692. The van der Waals surface area contributed by atoms with Crippen LogP contribution in [0.3, 0.4) is 0 Å². The molecule has 2 rings (SSSR count). The number of benzene rings is 2. The van der Waals surface area contributed by atoms with Crippen molar-refractivity contribution in [3.8, 4) is 0 Å². The van der Waals surface area contributed by atoms with Gasteiger partial charge in [0.05, 0.1) is 11.1 Å². The van der Waals surface area contributed by atoms with E-state index in [-0.39, 0.29) is 17.0 Å². The van der Waals surface area contributed by atoms with Crippen molar-refractivity contribution in [3.05, 3.63) is 47.5 Å². The van der Waals surface area contributed by atoms with E-state index in [9.17, 15) is 14.7 Å². The van der Waals surface area contributed by atoms with Crippen LogP contribution in [0.5, 0.6) is 0 Å². The minimum absolute atomic E-state index is 0.0417. The van der Waals surface area contributed by atoms with E-state index in [2.05, 4.69) is 19.2 Å². The highest BCUT2D eigenvalue weighted by atomic mass is 16.4. The molecular weight excluding hydrogens is 278 g/mol. The molecule has 0 aliphatic heterocycles. The molecule has 0 atom stereocenters. The smallest absolute Gasteiger partial charge is 0.336 e. The Balaban J connectivity index is 2.22. The number of hydrogen-bond donors (Lipinski definition) is 2. The SMILES string of the molecule is CC(C)CCCNC(=O)c1cc2ccccc2cc1C(=O)O. The molecule has 2 aromatic rings. The molecule has 0 fully saturated rings. The molecular formula is C18H21NO3. The first kappa shape index (κ1) is 16.0. The highest BCUT2D eigenvalue weighted by molar-refractivity contribution is 6.08. The van der Waals surface area contributed by atoms with Gasteiger partial charge in [-0.25, -0.2) is 4.79 Å². The van der Waals surface area contributed by atoms with E-state index < -0.39 is 5.97 Å². The first-order valence-corrected chi connectivity index (χ1v) is 7.53. The molecule has 1 amide bonds. The molecule has 116 valence electrons. The zero-order valence-electron chi connectivity index (χ0n) is 12.9. The second kappa shape index (κ2) is 7.07. The number of carbonyl (C=O) groups excluding carboxylic acids is 1. The molecule has 4 heteroatoms. The number of hydrogen-bond acceptors (Lipinski definition) is 2. The van der Waals surface area contributed by atoms with Crippen LogP contribution in [-0.4, -0.2) is 23.5 Å². The lowest BCUT2D eigenvalue weighted by molar-refractivity contribution is 0.0691. The summed E-state index contributed by atoms with van der Waals surface area (Å²) >= 11 is 0. The maximum Gasteiger partial charge on any atom is 0.336 e. The fourth-order valence-corrected chi connectivity index (χ4v) is 2.41. The van der Waals surface area contributed by atoms with E-state index in [1.807, 2.05) is 24.3 Å². The third kappa shape index (κ3) is 3.85. The number of rotatable bonds is 6. The van der Waals surface area contributed by atoms with Crippen LogP contribution >= 0.6 is 0 Å². The quantitative estimate of drug-likeness (QED) is 0.799. The minimum Gasteiger partial charge on any atom is -0.478 e. The molecule has 0 saturated carbocycles. The second-order valence-electron chi connectivity index (χ2n) is 5.84. The summed E-state index contributed by atoms with van der Waals surface area (Å²) in [7, 11) is 0. The summed E-state index contributed by atoms with van der Waals surface area (Å²) in [4.78, 5) is 23.7. The van der Waals surface area contributed by atoms with Crippen LogP contribution in [0.15, 0.2) is 36.4 Å². The Labute approximate surface area is 130 Å². The molecule has 4 nitrogen and oxygen atoms in total. The van der Waals surface area contributed by atoms with Crippen LogP contribution in [0, 0.1) is 5.92 Å². The Hall–Kier alpha value is -2.36. The number of fused-ring (bicyclic) bond motifs is 1. The molecule has 0 aliphatic carbocycles. The van der Waals surface area contributed by atoms with Gasteiger partial charge >= 0.3 is 5.97 Å². The molecule has 2 aromatic carbocycles. The van der Waals surface area contributed by atoms with Gasteiger partial charge in [-0.2, -0.15) is 0 Å². The highest BCUT2D eigenvalue weighted by Crippen LogP contribution is 2.20. The number of nitrogens with one attached hydrogen (secondary N) is 1. The molecule has 0 spiro atoms. The van der Waals surface area contributed by atoms with Crippen molar-refractivity contribution in [2.45, 2.75) is 26.7 Å². The molecule has 0 aromatic heterocycles. The summed E-state index contributed by atoms with van der Waals surface area (Å²) in [6.07, 6.45) is 1.92. The minimum atomic E-state index is -1.09. The largest absolute Gasteiger partial charge is 0.478 e. The zero-order chi connectivity index (χ0) is 16.1. The predicted molar refractivity (Wildman–Crippen MR) is 87.3 cm³/mol. The van der Waals surface area contributed by atoms with Crippen LogP contribution in [0.1, 0.15) is 47.4 Å². The van der Waals surface area contributed by atoms with Crippen molar-refractivity contribution >= 4 is 22.6 Å². The van der Waals surface area contributed by atoms with Gasteiger partial charge in [-0.1, -0.05) is 38.1 Å². The van der Waals surface area contributed by atoms with Crippen molar-refractivity contribution < 1.29 is 14.7 Å². The number of carboxylic acid groups (broad SMARTS) is 1. The Morgan fingerprint density at radius 2 is 1.68 bits per heavy atom. The van der Waals surface area contributed by atoms with Gasteiger partial charge in [-0.05, 0) is 41.7 Å². The summed E-state index contributed by atoms with van der Waals surface area (Å²) in [5.74, 6) is -0.822. The zero-order valence-corrected chi connectivity index (χ0v) is 12.9. The first-order chi connectivity index (χ1) is 10.5. The lowest BCUT2D eigenvalue weighted by Crippen LogP contribution is -2.26. The molecule has 22 heavy (non-hydrogen) atoms. The van der Waals surface area contributed by atoms with Crippen molar-refractivity contribution in [1.29, 1.82) is 0 Å². The van der Waals surface area contributed by atoms with Gasteiger partial charge in [0.15, 0.2) is 0 Å². The normalized spacial score (nSPS) is 10.9. The fourth-order valence-electron chi connectivity index (χ4n) is 2.41. The fraction of sp³-hybridized carbons (Fsp3) is 0.333. The average molecular weight is 299 g/mol. The van der Waals surface area contributed by atoms with E-state index >= 15 is 0 Å². The lowest BCUT2D eigenvalue weighted by atomic mass is 10.00. The van der Waals surface area contributed by atoms with Gasteiger partial charge in [0.2, 0.25) is 0 Å². The topological polar surface area (TPSA) is 66.4 Å². The summed E-state index contributed by atoms with van der Waals surface area (Å²) in [5, 5.41) is 13.8.